The summed E-state index contributed by atoms with van der Waals surface area (Å²) in [5.41, 5.74) is 0.733. The van der Waals surface area contributed by atoms with Gasteiger partial charge in [0.1, 0.15) is 5.82 Å². The van der Waals surface area contributed by atoms with Gasteiger partial charge in [-0.3, -0.25) is 0 Å². The fraction of sp³-hybridized carbons (Fsp3) is 0.417. The number of benzene rings is 1. The predicted molar refractivity (Wildman–Crippen MR) is 59.0 cm³/mol. The molecule has 1 N–H and O–H groups in total. The number of methoxy groups -OCH3 is 1. The van der Waals surface area contributed by atoms with Gasteiger partial charge in [-0.15, -0.1) is 0 Å². The number of carbonyl (C=O) groups excluding carboxylic acids is 1. The first kappa shape index (κ1) is 10.9. The number of anilines is 1. The summed E-state index contributed by atoms with van der Waals surface area (Å²) in [6, 6.07) is 4.19. The van der Waals surface area contributed by atoms with Gasteiger partial charge in [-0.2, -0.15) is 0 Å². The largest absolute Gasteiger partial charge is 0.465 e. The molecular formula is C12H14FNO2. The summed E-state index contributed by atoms with van der Waals surface area (Å²) in [5.74, 6) is -0.135. The molecule has 0 unspecified atom stereocenters. The van der Waals surface area contributed by atoms with Gasteiger partial charge in [0.05, 0.1) is 18.4 Å². The van der Waals surface area contributed by atoms with Gasteiger partial charge in [0, 0.05) is 6.54 Å². The second kappa shape index (κ2) is 4.51. The van der Waals surface area contributed by atoms with Crippen LogP contribution in [0, 0.1) is 11.7 Å². The number of esters is 1. The number of nitrogens with one attached hydrogen (secondary N) is 1. The van der Waals surface area contributed by atoms with E-state index in [1.165, 1.54) is 38.2 Å². The second-order valence-electron chi connectivity index (χ2n) is 4.01. The maximum atomic E-state index is 13.4. The van der Waals surface area contributed by atoms with Crippen molar-refractivity contribution < 1.29 is 13.9 Å². The first-order valence-corrected chi connectivity index (χ1v) is 5.32. The van der Waals surface area contributed by atoms with Crippen molar-refractivity contribution in [2.75, 3.05) is 19.0 Å². The summed E-state index contributed by atoms with van der Waals surface area (Å²) in [6.45, 7) is 0.765. The van der Waals surface area contributed by atoms with Gasteiger partial charge in [-0.1, -0.05) is 0 Å². The van der Waals surface area contributed by atoms with E-state index in [0.717, 1.165) is 6.54 Å². The van der Waals surface area contributed by atoms with Crippen LogP contribution in [-0.4, -0.2) is 19.6 Å². The van der Waals surface area contributed by atoms with Crippen molar-refractivity contribution in [3.63, 3.8) is 0 Å². The van der Waals surface area contributed by atoms with Gasteiger partial charge >= 0.3 is 5.97 Å². The van der Waals surface area contributed by atoms with Gasteiger partial charge in [-0.05, 0) is 37.0 Å². The Labute approximate surface area is 93.6 Å². The zero-order chi connectivity index (χ0) is 11.5. The molecule has 16 heavy (non-hydrogen) atoms. The maximum absolute atomic E-state index is 13.4. The molecule has 0 amide bonds. The van der Waals surface area contributed by atoms with Crippen molar-refractivity contribution >= 4 is 11.7 Å². The molecule has 1 aromatic rings. The molecule has 2 rings (SSSR count). The topological polar surface area (TPSA) is 38.3 Å². The van der Waals surface area contributed by atoms with Crippen molar-refractivity contribution in [2.24, 2.45) is 5.92 Å². The average Bonchev–Trinajstić information content (AvgIpc) is 3.11. The van der Waals surface area contributed by atoms with Crippen LogP contribution in [0.1, 0.15) is 23.2 Å². The van der Waals surface area contributed by atoms with Crippen LogP contribution in [0.5, 0.6) is 0 Å². The Morgan fingerprint density at radius 3 is 2.94 bits per heavy atom. The average molecular weight is 223 g/mol. The van der Waals surface area contributed by atoms with E-state index in [1.54, 1.807) is 0 Å². The van der Waals surface area contributed by atoms with Crippen LogP contribution in [-0.2, 0) is 4.74 Å². The lowest BCUT2D eigenvalue weighted by Crippen LogP contribution is -2.07. The Bertz CT molecular complexity index is 402. The van der Waals surface area contributed by atoms with Crippen LogP contribution in [0.3, 0.4) is 0 Å². The lowest BCUT2D eigenvalue weighted by Gasteiger charge is -2.08. The molecule has 0 radical (unpaired) electrons. The van der Waals surface area contributed by atoms with Crippen LogP contribution >= 0.6 is 0 Å². The van der Waals surface area contributed by atoms with Crippen molar-refractivity contribution in [1.82, 2.24) is 0 Å². The minimum Gasteiger partial charge on any atom is -0.465 e. The first-order chi connectivity index (χ1) is 7.70. The molecule has 0 heterocycles. The van der Waals surface area contributed by atoms with Crippen molar-refractivity contribution in [3.8, 4) is 0 Å². The summed E-state index contributed by atoms with van der Waals surface area (Å²) in [5, 5.41) is 3.01. The van der Waals surface area contributed by atoms with Crippen LogP contribution in [0.4, 0.5) is 10.1 Å². The van der Waals surface area contributed by atoms with E-state index in [4.69, 9.17) is 0 Å². The molecule has 1 fully saturated rings. The number of hydrogen-bond donors (Lipinski definition) is 1. The summed E-state index contributed by atoms with van der Waals surface area (Å²) in [4.78, 5) is 11.3. The van der Waals surface area contributed by atoms with Gasteiger partial charge in [0.15, 0.2) is 0 Å². The number of carbonyl (C=O) groups is 1. The van der Waals surface area contributed by atoms with E-state index in [0.29, 0.717) is 17.2 Å². The summed E-state index contributed by atoms with van der Waals surface area (Å²) in [6.07, 6.45) is 2.40. The molecule has 0 atom stereocenters. The standard InChI is InChI=1S/C12H14FNO2/c1-16-12(15)9-4-5-10(13)11(6-9)14-7-8-2-3-8/h4-6,8,14H,2-3,7H2,1H3. The Morgan fingerprint density at radius 2 is 2.31 bits per heavy atom. The van der Waals surface area contributed by atoms with Crippen molar-refractivity contribution in [1.29, 1.82) is 0 Å². The molecule has 0 aliphatic heterocycles. The molecule has 4 heteroatoms. The van der Waals surface area contributed by atoms with Crippen LogP contribution in [0.2, 0.25) is 0 Å². The Kier molecular flexibility index (Phi) is 3.08. The molecule has 0 aromatic heterocycles. The molecule has 1 aromatic carbocycles. The third-order valence-electron chi connectivity index (χ3n) is 2.67. The molecule has 0 spiro atoms. The number of rotatable bonds is 4. The normalized spacial score (nSPS) is 14.6. The van der Waals surface area contributed by atoms with E-state index in [2.05, 4.69) is 10.1 Å². The lowest BCUT2D eigenvalue weighted by atomic mass is 10.2. The highest BCUT2D eigenvalue weighted by Gasteiger charge is 2.21. The number of ether oxygens (including phenoxy) is 1. The van der Waals surface area contributed by atoms with Crippen molar-refractivity contribution in [3.05, 3.63) is 29.6 Å². The predicted octanol–water partition coefficient (Wildman–Crippen LogP) is 2.43. The van der Waals surface area contributed by atoms with E-state index in [1.807, 2.05) is 0 Å². The number of hydrogen-bond acceptors (Lipinski definition) is 3. The van der Waals surface area contributed by atoms with E-state index in [9.17, 15) is 9.18 Å². The molecule has 1 aliphatic carbocycles. The van der Waals surface area contributed by atoms with E-state index >= 15 is 0 Å². The zero-order valence-corrected chi connectivity index (χ0v) is 9.13. The van der Waals surface area contributed by atoms with Crippen LogP contribution < -0.4 is 5.32 Å². The molecule has 0 bridgehead atoms. The lowest BCUT2D eigenvalue weighted by molar-refractivity contribution is 0.0601. The Hall–Kier alpha value is -1.58. The second-order valence-corrected chi connectivity index (χ2v) is 4.01. The summed E-state index contributed by atoms with van der Waals surface area (Å²) < 4.78 is 18.0. The van der Waals surface area contributed by atoms with Crippen molar-refractivity contribution in [2.45, 2.75) is 12.8 Å². The molecule has 3 nitrogen and oxygen atoms in total. The van der Waals surface area contributed by atoms with Crippen LogP contribution in [0.15, 0.2) is 18.2 Å². The first-order valence-electron chi connectivity index (χ1n) is 5.32. The third kappa shape index (κ3) is 2.51. The Morgan fingerprint density at radius 1 is 1.56 bits per heavy atom. The summed E-state index contributed by atoms with van der Waals surface area (Å²) >= 11 is 0. The maximum Gasteiger partial charge on any atom is 0.337 e. The highest BCUT2D eigenvalue weighted by Crippen LogP contribution is 2.29. The quantitative estimate of drug-likeness (QED) is 0.797. The van der Waals surface area contributed by atoms with Crippen LogP contribution in [0.25, 0.3) is 0 Å². The minimum atomic E-state index is -0.450. The zero-order valence-electron chi connectivity index (χ0n) is 9.13. The number of halogens is 1. The van der Waals surface area contributed by atoms with Gasteiger partial charge < -0.3 is 10.1 Å². The highest BCUT2D eigenvalue weighted by atomic mass is 19.1. The smallest absolute Gasteiger partial charge is 0.337 e. The minimum absolute atomic E-state index is 0.340. The van der Waals surface area contributed by atoms with E-state index < -0.39 is 5.97 Å². The Balaban J connectivity index is 2.11. The molecule has 1 aliphatic rings. The fourth-order valence-corrected chi connectivity index (χ4v) is 1.48. The highest BCUT2D eigenvalue weighted by molar-refractivity contribution is 5.90. The van der Waals surface area contributed by atoms with Gasteiger partial charge in [0.2, 0.25) is 0 Å². The van der Waals surface area contributed by atoms with Gasteiger partial charge in [-0.25, -0.2) is 9.18 Å². The molecule has 86 valence electrons. The third-order valence-corrected chi connectivity index (χ3v) is 2.67. The SMILES string of the molecule is COC(=O)c1ccc(F)c(NCC2CC2)c1. The molecule has 0 saturated heterocycles. The fourth-order valence-electron chi connectivity index (χ4n) is 1.48. The monoisotopic (exact) mass is 223 g/mol. The summed E-state index contributed by atoms with van der Waals surface area (Å²) in [7, 11) is 1.31. The van der Waals surface area contributed by atoms with E-state index in [-0.39, 0.29) is 5.82 Å². The molecular weight excluding hydrogens is 209 g/mol. The van der Waals surface area contributed by atoms with Gasteiger partial charge in [0.25, 0.3) is 0 Å². The molecule has 1 saturated carbocycles.